The lowest BCUT2D eigenvalue weighted by molar-refractivity contribution is 0.0523. The van der Waals surface area contributed by atoms with Crippen LogP contribution >= 0.6 is 0 Å². The minimum absolute atomic E-state index is 0.0668. The summed E-state index contributed by atoms with van der Waals surface area (Å²) in [5.41, 5.74) is 3.78. The van der Waals surface area contributed by atoms with Crippen LogP contribution in [0.2, 0.25) is 0 Å². The second-order valence-electron chi connectivity index (χ2n) is 14.6. The summed E-state index contributed by atoms with van der Waals surface area (Å²) in [7, 11) is -4.17. The first-order valence-corrected chi connectivity index (χ1v) is 19.0. The smallest absolute Gasteiger partial charge is 0.407 e. The normalized spacial score (nSPS) is 16.7. The van der Waals surface area contributed by atoms with Crippen LogP contribution in [-0.4, -0.2) is 66.6 Å². The number of carbonyl (C=O) groups excluding carboxylic acids is 2. The number of nitrogens with one attached hydrogen (secondary N) is 2. The fraction of sp³-hybridized carbons (Fsp3) is 0.526. The summed E-state index contributed by atoms with van der Waals surface area (Å²) in [5.74, 6) is 0.313. The Bertz CT molecular complexity index is 1770. The molecule has 4 rings (SSSR count). The summed E-state index contributed by atoms with van der Waals surface area (Å²) < 4.78 is 41.8. The Hall–Kier alpha value is -4.19. The molecule has 2 amide bonds. The van der Waals surface area contributed by atoms with Crippen molar-refractivity contribution < 1.29 is 27.5 Å². The van der Waals surface area contributed by atoms with Crippen molar-refractivity contribution in [2.75, 3.05) is 24.4 Å². The Labute approximate surface area is 297 Å². The zero-order chi connectivity index (χ0) is 36.8. The average molecular weight is 708 g/mol. The third-order valence-electron chi connectivity index (χ3n) is 8.87. The van der Waals surface area contributed by atoms with Gasteiger partial charge < -0.3 is 19.7 Å². The second kappa shape index (κ2) is 16.2. The maximum absolute atomic E-state index is 14.4. The highest BCUT2D eigenvalue weighted by Gasteiger charge is 2.30. The zero-order valence-electron chi connectivity index (χ0n) is 30.9. The first-order valence-electron chi connectivity index (χ1n) is 17.5. The number of sulfonamides is 1. The van der Waals surface area contributed by atoms with Gasteiger partial charge in [-0.05, 0) is 102 Å². The summed E-state index contributed by atoms with van der Waals surface area (Å²) >= 11 is 0. The predicted octanol–water partition coefficient (Wildman–Crippen LogP) is 7.45. The van der Waals surface area contributed by atoms with E-state index in [-0.39, 0.29) is 52.7 Å². The first kappa shape index (κ1) is 38.6. The molecule has 2 heterocycles. The number of aromatic nitrogens is 2. The van der Waals surface area contributed by atoms with Crippen LogP contribution in [0.25, 0.3) is 11.3 Å². The van der Waals surface area contributed by atoms with E-state index in [2.05, 4.69) is 35.8 Å². The van der Waals surface area contributed by atoms with Gasteiger partial charge in [-0.3, -0.25) is 4.79 Å². The van der Waals surface area contributed by atoms with Crippen LogP contribution < -0.4 is 14.8 Å². The lowest BCUT2D eigenvalue weighted by Gasteiger charge is -2.34. The number of rotatable bonds is 10. The second-order valence-corrected chi connectivity index (χ2v) is 16.3. The maximum Gasteiger partial charge on any atom is 0.407 e. The Morgan fingerprint density at radius 3 is 2.40 bits per heavy atom. The van der Waals surface area contributed by atoms with Crippen LogP contribution in [0.1, 0.15) is 94.3 Å². The van der Waals surface area contributed by atoms with Gasteiger partial charge in [0, 0.05) is 29.8 Å². The maximum atomic E-state index is 14.4. The lowest BCUT2D eigenvalue weighted by Crippen LogP contribution is -2.45. The summed E-state index contributed by atoms with van der Waals surface area (Å²) in [6.45, 7) is 18.6. The van der Waals surface area contributed by atoms with Crippen molar-refractivity contribution in [1.29, 1.82) is 0 Å². The van der Waals surface area contributed by atoms with Crippen LogP contribution in [0.5, 0.6) is 5.88 Å². The monoisotopic (exact) mass is 707 g/mol. The van der Waals surface area contributed by atoms with Crippen LogP contribution in [-0.2, 0) is 14.8 Å². The molecule has 11 nitrogen and oxygen atoms in total. The number of amides is 2. The average Bonchev–Trinajstić information content (AvgIpc) is 3.02. The predicted molar refractivity (Wildman–Crippen MR) is 196 cm³/mol. The molecule has 0 aliphatic carbocycles. The largest absolute Gasteiger partial charge is 0.475 e. The van der Waals surface area contributed by atoms with Crippen molar-refractivity contribution in [2.45, 2.75) is 105 Å². The number of alkyl carbamates (subject to hydrolysis) is 1. The van der Waals surface area contributed by atoms with Crippen LogP contribution in [0.4, 0.5) is 10.7 Å². The molecule has 1 aromatic heterocycles. The molecule has 0 radical (unpaired) electrons. The number of nitrogens with zero attached hydrogens (tertiary/aromatic N) is 3. The van der Waals surface area contributed by atoms with Gasteiger partial charge in [-0.2, -0.15) is 4.98 Å². The zero-order valence-corrected chi connectivity index (χ0v) is 31.7. The van der Waals surface area contributed by atoms with Crippen molar-refractivity contribution >= 4 is 28.0 Å². The fourth-order valence-corrected chi connectivity index (χ4v) is 7.27. The highest BCUT2D eigenvalue weighted by molar-refractivity contribution is 7.92. The summed E-state index contributed by atoms with van der Waals surface area (Å²) in [5, 5.41) is 2.84. The molecule has 0 saturated heterocycles. The van der Waals surface area contributed by atoms with Crippen molar-refractivity contribution in [3.63, 3.8) is 0 Å². The van der Waals surface area contributed by atoms with Gasteiger partial charge in [0.25, 0.3) is 15.9 Å². The van der Waals surface area contributed by atoms with E-state index in [1.165, 1.54) is 12.1 Å². The van der Waals surface area contributed by atoms with E-state index in [4.69, 9.17) is 14.5 Å². The molecule has 2 aromatic carbocycles. The standard InChI is InChI=1S/C38H53N5O6S/c1-10-28(17-19-39-37(45)49-38(7,8)9)18-20-43-30(21-24(2)3)23-48-34-27(6)33(32-25(4)13-11-14-26(32)5)40-36(41-34)42-50(46,47)31-16-12-15-29(22-31)35(43)44/h11-16,22,24,28,30H,10,17-21,23H2,1-9H3,(H,39,45)(H,40,41,42)/t28?,30-/m1/s1. The first-order chi connectivity index (χ1) is 23.5. The number of benzene rings is 2. The van der Waals surface area contributed by atoms with Crippen LogP contribution in [0.3, 0.4) is 0 Å². The summed E-state index contributed by atoms with van der Waals surface area (Å²) in [6, 6.07) is 11.7. The highest BCUT2D eigenvalue weighted by atomic mass is 32.2. The van der Waals surface area contributed by atoms with E-state index in [1.807, 2.05) is 64.6 Å². The van der Waals surface area contributed by atoms with E-state index >= 15 is 0 Å². The Kier molecular flexibility index (Phi) is 12.5. The molecule has 1 unspecified atom stereocenters. The number of aryl methyl sites for hydroxylation is 2. The number of anilines is 1. The fourth-order valence-electron chi connectivity index (χ4n) is 6.28. The molecule has 0 spiro atoms. The molecule has 1 aliphatic heterocycles. The number of hydrogen-bond acceptors (Lipinski definition) is 8. The molecule has 0 fully saturated rings. The molecule has 50 heavy (non-hydrogen) atoms. The van der Waals surface area contributed by atoms with Crippen molar-refractivity contribution in [3.8, 4) is 17.1 Å². The SMILES string of the molecule is CCC(CCNC(=O)OC(C)(C)C)CCN1C(=O)c2cccc(c2)S(=O)(=O)Nc2nc(c(C)c(-c3c(C)cccc3C)n2)OC[C@H]1CC(C)C. The van der Waals surface area contributed by atoms with E-state index in [0.717, 1.165) is 23.1 Å². The molecule has 1 aliphatic rings. The Morgan fingerprint density at radius 2 is 1.76 bits per heavy atom. The summed E-state index contributed by atoms with van der Waals surface area (Å²) in [6.07, 6.45) is 2.45. The summed E-state index contributed by atoms with van der Waals surface area (Å²) in [4.78, 5) is 37.6. The quantitative estimate of drug-likeness (QED) is 0.222. The molecular weight excluding hydrogens is 655 g/mol. The van der Waals surface area contributed by atoms with Crippen molar-refractivity contribution in [3.05, 3.63) is 64.7 Å². The third kappa shape index (κ3) is 9.95. The van der Waals surface area contributed by atoms with Gasteiger partial charge in [-0.1, -0.05) is 51.5 Å². The molecule has 2 N–H and O–H groups in total. The van der Waals surface area contributed by atoms with Gasteiger partial charge in [0.05, 0.1) is 16.6 Å². The highest BCUT2D eigenvalue weighted by Crippen LogP contribution is 2.34. The minimum atomic E-state index is -4.17. The van der Waals surface area contributed by atoms with E-state index in [9.17, 15) is 18.0 Å². The number of carbonyl (C=O) groups is 2. The number of fused-ring (bicyclic) bond motifs is 4. The number of hydrogen-bond donors (Lipinski definition) is 2. The third-order valence-corrected chi connectivity index (χ3v) is 10.2. The Balaban J connectivity index is 1.73. The van der Waals surface area contributed by atoms with E-state index in [0.29, 0.717) is 43.6 Å². The molecule has 3 aromatic rings. The van der Waals surface area contributed by atoms with Gasteiger partial charge in [0.15, 0.2) is 0 Å². The van der Waals surface area contributed by atoms with Crippen LogP contribution in [0, 0.1) is 32.6 Å². The molecular formula is C38H53N5O6S. The lowest BCUT2D eigenvalue weighted by atomic mass is 9.96. The van der Waals surface area contributed by atoms with E-state index < -0.39 is 21.7 Å². The van der Waals surface area contributed by atoms with Crippen molar-refractivity contribution in [2.24, 2.45) is 11.8 Å². The molecule has 2 atom stereocenters. The van der Waals surface area contributed by atoms with Gasteiger partial charge in [-0.15, -0.1) is 0 Å². The van der Waals surface area contributed by atoms with Gasteiger partial charge >= 0.3 is 6.09 Å². The molecule has 4 bridgehead atoms. The molecule has 0 saturated carbocycles. The van der Waals surface area contributed by atoms with E-state index in [1.54, 1.807) is 12.1 Å². The van der Waals surface area contributed by atoms with Crippen LogP contribution in [0.15, 0.2) is 47.4 Å². The molecule has 12 heteroatoms. The van der Waals surface area contributed by atoms with Crippen molar-refractivity contribution in [1.82, 2.24) is 20.2 Å². The number of ether oxygens (including phenoxy) is 2. The van der Waals surface area contributed by atoms with Gasteiger partial charge in [-0.25, -0.2) is 22.9 Å². The topological polar surface area (TPSA) is 140 Å². The molecule has 272 valence electrons. The van der Waals surface area contributed by atoms with Gasteiger partial charge in [0.2, 0.25) is 11.8 Å². The van der Waals surface area contributed by atoms with Gasteiger partial charge in [0.1, 0.15) is 12.2 Å². The Morgan fingerprint density at radius 1 is 1.08 bits per heavy atom. The minimum Gasteiger partial charge on any atom is -0.475 e.